The fourth-order valence-corrected chi connectivity index (χ4v) is 7.20. The topological polar surface area (TPSA) is 92.7 Å². The van der Waals surface area contributed by atoms with Crippen molar-refractivity contribution in [3.05, 3.63) is 12.2 Å². The van der Waals surface area contributed by atoms with Crippen LogP contribution < -0.4 is 0 Å². The van der Waals surface area contributed by atoms with E-state index in [1.807, 2.05) is 0 Å². The van der Waals surface area contributed by atoms with Crippen molar-refractivity contribution in [2.75, 3.05) is 19.8 Å². The number of carboxylic acids is 1. The van der Waals surface area contributed by atoms with Gasteiger partial charge in [0.05, 0.1) is 0 Å². The number of ether oxygens (including phenoxy) is 6. The van der Waals surface area contributed by atoms with Gasteiger partial charge in [-0.15, -0.1) is 0 Å². The zero-order valence-electron chi connectivity index (χ0n) is 26.9. The monoisotopic (exact) mass is 608 g/mol. The largest absolute Gasteiger partial charge is 0.477 e. The number of rotatable bonds is 19. The molecule has 4 unspecified atom stereocenters. The normalized spacial score (nSPS) is 30.8. The minimum atomic E-state index is -2.07. The van der Waals surface area contributed by atoms with Crippen molar-refractivity contribution >= 4 is 5.97 Å². The van der Waals surface area contributed by atoms with E-state index in [4.69, 9.17) is 28.4 Å². The molecule has 1 N–H and O–H groups in total. The Morgan fingerprint density at radius 1 is 0.744 bits per heavy atom. The highest BCUT2D eigenvalue weighted by atomic mass is 16.8. The summed E-state index contributed by atoms with van der Waals surface area (Å²) in [4.78, 5) is 13.2. The van der Waals surface area contributed by atoms with Crippen LogP contribution in [0.3, 0.4) is 0 Å². The van der Waals surface area contributed by atoms with Crippen molar-refractivity contribution in [1.82, 2.24) is 0 Å². The molecule has 4 aliphatic rings. The van der Waals surface area contributed by atoms with E-state index in [1.54, 1.807) is 0 Å². The molecule has 1 aliphatic carbocycles. The zero-order valence-corrected chi connectivity index (χ0v) is 26.9. The van der Waals surface area contributed by atoms with Crippen LogP contribution in [0.25, 0.3) is 0 Å². The van der Waals surface area contributed by atoms with E-state index in [1.165, 1.54) is 64.2 Å². The quantitative estimate of drug-likeness (QED) is 0.0890. The Morgan fingerprint density at radius 2 is 1.33 bits per heavy atom. The molecule has 8 heteroatoms. The molecule has 0 bridgehead atoms. The highest BCUT2D eigenvalue weighted by Crippen LogP contribution is 2.38. The van der Waals surface area contributed by atoms with Gasteiger partial charge in [0.15, 0.2) is 18.9 Å². The molecule has 3 saturated heterocycles. The number of aliphatic carboxylic acids is 1. The minimum absolute atomic E-state index is 0.348. The van der Waals surface area contributed by atoms with Crippen molar-refractivity contribution in [2.24, 2.45) is 11.8 Å². The van der Waals surface area contributed by atoms with E-state index in [0.29, 0.717) is 45.0 Å². The second-order valence-electron chi connectivity index (χ2n) is 13.2. The highest BCUT2D eigenvalue weighted by molar-refractivity contribution is 5.76. The maximum Gasteiger partial charge on any atom is 0.367 e. The van der Waals surface area contributed by atoms with Crippen molar-refractivity contribution < 1.29 is 38.3 Å². The van der Waals surface area contributed by atoms with Gasteiger partial charge >= 0.3 is 11.8 Å². The van der Waals surface area contributed by atoms with Gasteiger partial charge in [-0.2, -0.15) is 0 Å². The summed E-state index contributed by atoms with van der Waals surface area (Å²) in [5, 5.41) is 10.8. The molecule has 4 rings (SSSR count). The first-order valence-electron chi connectivity index (χ1n) is 17.8. The summed E-state index contributed by atoms with van der Waals surface area (Å²) in [6.45, 7) is 3.96. The summed E-state index contributed by atoms with van der Waals surface area (Å²) in [6.07, 6.45) is 23.9. The van der Waals surface area contributed by atoms with Crippen LogP contribution in [-0.4, -0.2) is 61.7 Å². The Hall–Kier alpha value is -1.03. The molecule has 0 amide bonds. The van der Waals surface area contributed by atoms with E-state index in [0.717, 1.165) is 57.3 Å². The smallest absolute Gasteiger partial charge is 0.367 e. The summed E-state index contributed by atoms with van der Waals surface area (Å²) in [5.74, 6) is -1.77. The molecule has 0 aromatic rings. The van der Waals surface area contributed by atoms with Crippen LogP contribution in [0.2, 0.25) is 0 Å². The minimum Gasteiger partial charge on any atom is -0.477 e. The molecule has 4 fully saturated rings. The van der Waals surface area contributed by atoms with Gasteiger partial charge in [0.1, 0.15) is 6.10 Å². The lowest BCUT2D eigenvalue weighted by Crippen LogP contribution is -2.60. The second-order valence-corrected chi connectivity index (χ2v) is 13.2. The van der Waals surface area contributed by atoms with Crippen molar-refractivity contribution in [1.29, 1.82) is 0 Å². The van der Waals surface area contributed by atoms with Crippen LogP contribution in [0.5, 0.6) is 0 Å². The fourth-order valence-electron chi connectivity index (χ4n) is 7.20. The molecule has 0 spiro atoms. The summed E-state index contributed by atoms with van der Waals surface area (Å²) in [5.41, 5.74) is 0. The average Bonchev–Trinajstić information content (AvgIpc) is 3.48. The first-order chi connectivity index (χ1) is 21.1. The van der Waals surface area contributed by atoms with Gasteiger partial charge in [0.2, 0.25) is 0 Å². The van der Waals surface area contributed by atoms with Crippen LogP contribution in [0.4, 0.5) is 0 Å². The molecule has 8 nitrogen and oxygen atoms in total. The van der Waals surface area contributed by atoms with Crippen LogP contribution >= 0.6 is 0 Å². The molecule has 3 heterocycles. The maximum absolute atomic E-state index is 13.2. The van der Waals surface area contributed by atoms with Crippen LogP contribution in [0, 0.1) is 11.8 Å². The molecule has 3 aliphatic heterocycles. The van der Waals surface area contributed by atoms with Crippen molar-refractivity contribution in [2.45, 2.75) is 173 Å². The Labute approximate surface area is 260 Å². The first kappa shape index (κ1) is 34.8. The number of hydrogen-bond acceptors (Lipinski definition) is 7. The van der Waals surface area contributed by atoms with E-state index in [9.17, 15) is 9.90 Å². The van der Waals surface area contributed by atoms with Gasteiger partial charge in [-0.1, -0.05) is 76.9 Å². The van der Waals surface area contributed by atoms with Gasteiger partial charge in [-0.25, -0.2) is 4.79 Å². The number of allylic oxidation sites excluding steroid dienone is 1. The van der Waals surface area contributed by atoms with Crippen molar-refractivity contribution in [3.63, 3.8) is 0 Å². The standard InChI is InChI=1S/C35H60O8/c1-2-3-4-5-6-7-17-28-19-16-20-29(28)18-8-9-21-30(41-31-22-10-13-25-38-31)35(34(36)37,42-32-23-11-14-26-39-32)43-33-24-12-15-27-40-33/h8-9,28-33H,2-7,10-27H2,1H3,(H,36,37)/b9-8-/t28-,29-,30?,31?,32?,33?,35?/m0/s1. The zero-order chi connectivity index (χ0) is 30.2. The fraction of sp³-hybridized carbons (Fsp3) is 0.914. The second kappa shape index (κ2) is 19.5. The first-order valence-corrected chi connectivity index (χ1v) is 17.8. The molecule has 43 heavy (non-hydrogen) atoms. The van der Waals surface area contributed by atoms with Gasteiger partial charge < -0.3 is 33.5 Å². The number of carboxylic acid groups (broad SMARTS) is 1. The van der Waals surface area contributed by atoms with E-state index in [-0.39, 0.29) is 0 Å². The predicted octanol–water partition coefficient (Wildman–Crippen LogP) is 8.27. The lowest BCUT2D eigenvalue weighted by atomic mass is 9.88. The molecular weight excluding hydrogens is 548 g/mol. The third-order valence-electron chi connectivity index (χ3n) is 9.77. The van der Waals surface area contributed by atoms with Crippen LogP contribution in [-0.2, 0) is 33.2 Å². The molecule has 6 atom stereocenters. The van der Waals surface area contributed by atoms with E-state index in [2.05, 4.69) is 19.1 Å². The predicted molar refractivity (Wildman–Crippen MR) is 165 cm³/mol. The van der Waals surface area contributed by atoms with Gasteiger partial charge in [-0.3, -0.25) is 0 Å². The molecule has 0 radical (unpaired) electrons. The third kappa shape index (κ3) is 11.4. The van der Waals surface area contributed by atoms with Gasteiger partial charge in [0.25, 0.3) is 0 Å². The SMILES string of the molecule is CCCCCCCC[C@H]1CCC[C@@H]1C/C=C\CC(OC1CCCCO1)C(OC1CCCCO1)(OC1CCCCO1)C(=O)O. The molecule has 1 saturated carbocycles. The molecular formula is C35H60O8. The lowest BCUT2D eigenvalue weighted by molar-refractivity contribution is -0.386. The summed E-state index contributed by atoms with van der Waals surface area (Å²) < 4.78 is 36.8. The Kier molecular flexibility index (Phi) is 15.8. The van der Waals surface area contributed by atoms with E-state index >= 15 is 0 Å². The average molecular weight is 609 g/mol. The Bertz CT molecular complexity index is 765. The number of unbranched alkanes of at least 4 members (excludes halogenated alkanes) is 5. The van der Waals surface area contributed by atoms with E-state index < -0.39 is 36.7 Å². The molecule has 0 aromatic heterocycles. The third-order valence-corrected chi connectivity index (χ3v) is 9.77. The summed E-state index contributed by atoms with van der Waals surface area (Å²) >= 11 is 0. The Balaban J connectivity index is 1.44. The number of hydrogen-bond donors (Lipinski definition) is 1. The molecule has 0 aromatic carbocycles. The van der Waals surface area contributed by atoms with Gasteiger partial charge in [0, 0.05) is 19.8 Å². The van der Waals surface area contributed by atoms with Crippen LogP contribution in [0.1, 0.15) is 142 Å². The van der Waals surface area contributed by atoms with Gasteiger partial charge in [-0.05, 0) is 88.9 Å². The lowest BCUT2D eigenvalue weighted by Gasteiger charge is -2.42. The summed E-state index contributed by atoms with van der Waals surface area (Å²) in [6, 6.07) is 0. The Morgan fingerprint density at radius 3 is 1.91 bits per heavy atom. The maximum atomic E-state index is 13.2. The van der Waals surface area contributed by atoms with Crippen molar-refractivity contribution in [3.8, 4) is 0 Å². The van der Waals surface area contributed by atoms with Crippen LogP contribution in [0.15, 0.2) is 12.2 Å². The summed E-state index contributed by atoms with van der Waals surface area (Å²) in [7, 11) is 0. The molecule has 248 valence electrons. The number of carbonyl (C=O) groups is 1. The highest BCUT2D eigenvalue weighted by Gasteiger charge is 2.54.